The van der Waals surface area contributed by atoms with Gasteiger partial charge in [-0.3, -0.25) is 15.0 Å². The highest BCUT2D eigenvalue weighted by Crippen LogP contribution is 2.21. The van der Waals surface area contributed by atoms with E-state index in [0.717, 1.165) is 27.6 Å². The molecule has 4 rings (SSSR count). The van der Waals surface area contributed by atoms with Crippen molar-refractivity contribution in [2.24, 2.45) is 11.5 Å². The molecular weight excluding hydrogens is 402 g/mol. The van der Waals surface area contributed by atoms with E-state index < -0.39 is 5.91 Å². The molecule has 1 heterocycles. The van der Waals surface area contributed by atoms with Gasteiger partial charge in [-0.2, -0.15) is 0 Å². The first-order chi connectivity index (χ1) is 15.4. The normalized spacial score (nSPS) is 10.8. The zero-order chi connectivity index (χ0) is 22.7. The summed E-state index contributed by atoms with van der Waals surface area (Å²) in [7, 11) is 0. The van der Waals surface area contributed by atoms with Crippen LogP contribution < -0.4 is 16.8 Å². The van der Waals surface area contributed by atoms with Crippen LogP contribution in [0.25, 0.3) is 22.0 Å². The number of aromatic amines is 1. The van der Waals surface area contributed by atoms with Crippen LogP contribution in [0.5, 0.6) is 0 Å². The summed E-state index contributed by atoms with van der Waals surface area (Å²) in [5.74, 6) is -0.586. The van der Waals surface area contributed by atoms with Crippen LogP contribution in [0.3, 0.4) is 0 Å². The molecule has 0 fully saturated rings. The first-order valence-electron chi connectivity index (χ1n) is 10.2. The SMILES string of the molecule is N=C(N)c1c[nH]c2ccc(CCNC(=O)c3ccc(-c4ccc(C(N)=O)cc4)cc3)cc12. The summed E-state index contributed by atoms with van der Waals surface area (Å²) in [6.07, 6.45) is 2.39. The first-order valence-corrected chi connectivity index (χ1v) is 10.2. The second-order valence-electron chi connectivity index (χ2n) is 7.52. The Morgan fingerprint density at radius 1 is 0.875 bits per heavy atom. The Kier molecular flexibility index (Phi) is 5.72. The van der Waals surface area contributed by atoms with Crippen molar-refractivity contribution in [2.75, 3.05) is 6.54 Å². The number of aromatic nitrogens is 1. The number of carbonyl (C=O) groups excluding carboxylic acids is 2. The van der Waals surface area contributed by atoms with Crippen LogP contribution in [0.2, 0.25) is 0 Å². The van der Waals surface area contributed by atoms with Gasteiger partial charge in [0.25, 0.3) is 5.91 Å². The van der Waals surface area contributed by atoms with Crippen molar-refractivity contribution in [1.82, 2.24) is 10.3 Å². The van der Waals surface area contributed by atoms with Crippen molar-refractivity contribution in [1.29, 1.82) is 5.41 Å². The molecule has 4 aromatic rings. The van der Waals surface area contributed by atoms with Gasteiger partial charge in [-0.1, -0.05) is 30.3 Å². The highest BCUT2D eigenvalue weighted by molar-refractivity contribution is 6.07. The largest absolute Gasteiger partial charge is 0.384 e. The van der Waals surface area contributed by atoms with Gasteiger partial charge in [-0.05, 0) is 59.5 Å². The lowest BCUT2D eigenvalue weighted by Gasteiger charge is -2.08. The number of primary amides is 1. The van der Waals surface area contributed by atoms with Gasteiger partial charge < -0.3 is 21.8 Å². The molecule has 1 aromatic heterocycles. The molecule has 0 spiro atoms. The van der Waals surface area contributed by atoms with E-state index in [0.29, 0.717) is 29.7 Å². The maximum absolute atomic E-state index is 12.5. The number of H-pyrrole nitrogens is 1. The van der Waals surface area contributed by atoms with Gasteiger partial charge in [0.1, 0.15) is 5.84 Å². The molecule has 0 saturated carbocycles. The number of carbonyl (C=O) groups is 2. The van der Waals surface area contributed by atoms with E-state index >= 15 is 0 Å². The van der Waals surface area contributed by atoms with Crippen LogP contribution in [0.15, 0.2) is 72.9 Å². The monoisotopic (exact) mass is 425 g/mol. The number of nitrogens with two attached hydrogens (primary N) is 2. The second kappa shape index (κ2) is 8.77. The van der Waals surface area contributed by atoms with Gasteiger partial charge in [0.15, 0.2) is 0 Å². The van der Waals surface area contributed by atoms with Gasteiger partial charge in [-0.15, -0.1) is 0 Å². The van der Waals surface area contributed by atoms with Crippen molar-refractivity contribution >= 4 is 28.6 Å². The quantitative estimate of drug-likeness (QED) is 0.230. The molecule has 7 heteroatoms. The molecule has 0 unspecified atom stereocenters. The van der Waals surface area contributed by atoms with E-state index in [-0.39, 0.29) is 11.7 Å². The molecule has 2 amide bonds. The maximum Gasteiger partial charge on any atom is 0.251 e. The molecule has 32 heavy (non-hydrogen) atoms. The number of hydrogen-bond acceptors (Lipinski definition) is 3. The van der Waals surface area contributed by atoms with Crippen LogP contribution in [0.1, 0.15) is 31.8 Å². The molecule has 0 aliphatic rings. The summed E-state index contributed by atoms with van der Waals surface area (Å²) in [6, 6.07) is 20.3. The van der Waals surface area contributed by atoms with E-state index in [1.54, 1.807) is 30.5 Å². The molecule has 0 bridgehead atoms. The topological polar surface area (TPSA) is 138 Å². The van der Waals surface area contributed by atoms with Crippen LogP contribution >= 0.6 is 0 Å². The minimum absolute atomic E-state index is 0.0222. The lowest BCUT2D eigenvalue weighted by Crippen LogP contribution is -2.25. The highest BCUT2D eigenvalue weighted by Gasteiger charge is 2.09. The number of benzene rings is 3. The Hall–Kier alpha value is -4.39. The fourth-order valence-corrected chi connectivity index (χ4v) is 3.61. The summed E-state index contributed by atoms with van der Waals surface area (Å²) >= 11 is 0. The standard InChI is InChI=1S/C25H23N5O2/c26-23(27)21-14-30-22-10-1-15(13-20(21)22)11-12-29-25(32)19-8-4-17(5-9-19)16-2-6-18(7-3-16)24(28)31/h1-10,13-14,30H,11-12H2,(H3,26,27)(H2,28,31)(H,29,32). The van der Waals surface area contributed by atoms with E-state index in [1.807, 2.05) is 42.5 Å². The Morgan fingerprint density at radius 2 is 1.50 bits per heavy atom. The Bertz CT molecular complexity index is 1300. The molecule has 3 aromatic carbocycles. The fourth-order valence-electron chi connectivity index (χ4n) is 3.61. The van der Waals surface area contributed by atoms with Gasteiger partial charge in [0, 0.05) is 40.3 Å². The average molecular weight is 425 g/mol. The molecule has 160 valence electrons. The number of rotatable bonds is 7. The number of amides is 2. The number of nitrogen functional groups attached to an aromatic ring is 1. The molecule has 0 radical (unpaired) electrons. The smallest absolute Gasteiger partial charge is 0.251 e. The molecule has 0 aliphatic heterocycles. The minimum atomic E-state index is -0.462. The van der Waals surface area contributed by atoms with Crippen molar-refractivity contribution < 1.29 is 9.59 Å². The third kappa shape index (κ3) is 4.37. The lowest BCUT2D eigenvalue weighted by atomic mass is 10.0. The van der Waals surface area contributed by atoms with E-state index in [4.69, 9.17) is 16.9 Å². The van der Waals surface area contributed by atoms with Gasteiger partial charge in [0.2, 0.25) is 5.91 Å². The van der Waals surface area contributed by atoms with Gasteiger partial charge in [-0.25, -0.2) is 0 Å². The number of fused-ring (bicyclic) bond motifs is 1. The van der Waals surface area contributed by atoms with Crippen LogP contribution in [0, 0.1) is 5.41 Å². The number of nitrogens with one attached hydrogen (secondary N) is 3. The predicted octanol–water partition coefficient (Wildman–Crippen LogP) is 3.19. The maximum atomic E-state index is 12.5. The van der Waals surface area contributed by atoms with E-state index in [9.17, 15) is 9.59 Å². The van der Waals surface area contributed by atoms with Crippen molar-refractivity contribution in [3.05, 3.63) is 95.2 Å². The predicted molar refractivity (Wildman–Crippen MR) is 126 cm³/mol. The summed E-state index contributed by atoms with van der Waals surface area (Å²) in [5.41, 5.74) is 16.5. The minimum Gasteiger partial charge on any atom is -0.384 e. The van der Waals surface area contributed by atoms with Crippen molar-refractivity contribution in [2.45, 2.75) is 6.42 Å². The molecule has 0 saturated heterocycles. The molecule has 0 aliphatic carbocycles. The first kappa shape index (κ1) is 20.9. The van der Waals surface area contributed by atoms with Gasteiger partial charge >= 0.3 is 0 Å². The number of amidine groups is 1. The third-order valence-corrected chi connectivity index (χ3v) is 5.39. The average Bonchev–Trinajstić information content (AvgIpc) is 3.23. The fraction of sp³-hybridized carbons (Fsp3) is 0.0800. The molecule has 0 atom stereocenters. The zero-order valence-electron chi connectivity index (χ0n) is 17.3. The second-order valence-corrected chi connectivity index (χ2v) is 7.52. The molecular formula is C25H23N5O2. The molecule has 7 N–H and O–H groups in total. The molecule has 7 nitrogen and oxygen atoms in total. The van der Waals surface area contributed by atoms with Crippen LogP contribution in [-0.4, -0.2) is 29.2 Å². The summed E-state index contributed by atoms with van der Waals surface area (Å²) < 4.78 is 0. The van der Waals surface area contributed by atoms with Crippen molar-refractivity contribution in [3.8, 4) is 11.1 Å². The van der Waals surface area contributed by atoms with Gasteiger partial charge in [0.05, 0.1) is 0 Å². The summed E-state index contributed by atoms with van der Waals surface area (Å²) in [6.45, 7) is 0.487. The Balaban J connectivity index is 1.37. The van der Waals surface area contributed by atoms with Crippen molar-refractivity contribution in [3.63, 3.8) is 0 Å². The Labute approximate surface area is 184 Å². The third-order valence-electron chi connectivity index (χ3n) is 5.39. The summed E-state index contributed by atoms with van der Waals surface area (Å²) in [5, 5.41) is 11.5. The van der Waals surface area contributed by atoms with E-state index in [1.165, 1.54) is 0 Å². The lowest BCUT2D eigenvalue weighted by molar-refractivity contribution is 0.0952. The highest BCUT2D eigenvalue weighted by atomic mass is 16.2. The van der Waals surface area contributed by atoms with Crippen LogP contribution in [-0.2, 0) is 6.42 Å². The Morgan fingerprint density at radius 3 is 2.09 bits per heavy atom. The zero-order valence-corrected chi connectivity index (χ0v) is 17.3. The summed E-state index contributed by atoms with van der Waals surface area (Å²) in [4.78, 5) is 26.8. The van der Waals surface area contributed by atoms with Crippen LogP contribution in [0.4, 0.5) is 0 Å². The van der Waals surface area contributed by atoms with E-state index in [2.05, 4.69) is 10.3 Å². The number of hydrogen-bond donors (Lipinski definition) is 5.